The Hall–Kier alpha value is -0.0800. The van der Waals surface area contributed by atoms with Crippen molar-refractivity contribution >= 4 is 0 Å². The van der Waals surface area contributed by atoms with Crippen LogP contribution in [0.5, 0.6) is 0 Å². The highest BCUT2D eigenvalue weighted by Gasteiger charge is 2.41. The zero-order valence-corrected chi connectivity index (χ0v) is 8.59. The normalized spacial score (nSPS) is 30.0. The highest BCUT2D eigenvalue weighted by molar-refractivity contribution is 4.98. The van der Waals surface area contributed by atoms with Crippen LogP contribution in [0.1, 0.15) is 45.4 Å². The summed E-state index contributed by atoms with van der Waals surface area (Å²) in [5, 5.41) is 11.2. The first-order valence-corrected chi connectivity index (χ1v) is 5.68. The van der Waals surface area contributed by atoms with Crippen LogP contribution in [0, 0.1) is 0 Å². The zero-order valence-electron chi connectivity index (χ0n) is 8.59. The molecule has 2 fully saturated rings. The number of piperidine rings is 1. The Kier molecular flexibility index (Phi) is 2.61. The van der Waals surface area contributed by atoms with Crippen LogP contribution in [-0.2, 0) is 5.11 Å². The summed E-state index contributed by atoms with van der Waals surface area (Å²) in [7, 11) is 0. The minimum absolute atomic E-state index is 0.273. The molecule has 1 heterocycles. The minimum atomic E-state index is -0.273. The van der Waals surface area contributed by atoms with Gasteiger partial charge in [-0.15, -0.1) is 0 Å². The summed E-state index contributed by atoms with van der Waals surface area (Å²) >= 11 is 0. The molecule has 0 bridgehead atoms. The van der Waals surface area contributed by atoms with Gasteiger partial charge in [0.15, 0.2) is 0 Å². The second-order valence-electron chi connectivity index (χ2n) is 4.62. The molecule has 0 N–H and O–H groups in total. The van der Waals surface area contributed by atoms with Crippen molar-refractivity contribution < 1.29 is 5.11 Å². The predicted octanol–water partition coefficient (Wildman–Crippen LogP) is 2.21. The van der Waals surface area contributed by atoms with E-state index in [0.717, 1.165) is 25.9 Å². The second-order valence-corrected chi connectivity index (χ2v) is 4.62. The smallest absolute Gasteiger partial charge is 0.0954 e. The van der Waals surface area contributed by atoms with Gasteiger partial charge in [-0.3, -0.25) is 4.90 Å². The molecular formula is C11H20NO. The second kappa shape index (κ2) is 3.58. The third-order valence-corrected chi connectivity index (χ3v) is 4.06. The summed E-state index contributed by atoms with van der Waals surface area (Å²) in [6.45, 7) is 4.41. The van der Waals surface area contributed by atoms with Crippen LogP contribution < -0.4 is 0 Å². The summed E-state index contributed by atoms with van der Waals surface area (Å²) in [5.74, 6) is 0. The molecule has 1 aliphatic carbocycles. The lowest BCUT2D eigenvalue weighted by Gasteiger charge is -2.52. The molecule has 75 valence electrons. The molecule has 0 spiro atoms. The molecule has 0 aromatic carbocycles. The number of nitrogens with zero attached hydrogens (tertiary/aromatic N) is 1. The van der Waals surface area contributed by atoms with Crippen molar-refractivity contribution in [2.45, 2.75) is 57.1 Å². The Morgan fingerprint density at radius 2 is 1.92 bits per heavy atom. The van der Waals surface area contributed by atoms with Gasteiger partial charge < -0.3 is 0 Å². The molecule has 2 heteroatoms. The highest BCUT2D eigenvalue weighted by Crippen LogP contribution is 2.41. The van der Waals surface area contributed by atoms with Crippen LogP contribution in [0.4, 0.5) is 0 Å². The topological polar surface area (TPSA) is 23.1 Å². The van der Waals surface area contributed by atoms with Gasteiger partial charge in [0.05, 0.1) is 6.10 Å². The quantitative estimate of drug-likeness (QED) is 0.642. The summed E-state index contributed by atoms with van der Waals surface area (Å²) in [5.41, 5.74) is 0.514. The van der Waals surface area contributed by atoms with Crippen molar-refractivity contribution in [3.63, 3.8) is 0 Å². The van der Waals surface area contributed by atoms with E-state index in [9.17, 15) is 5.11 Å². The van der Waals surface area contributed by atoms with Gasteiger partial charge in [0.2, 0.25) is 0 Å². The fraction of sp³-hybridized carbons (Fsp3) is 1.00. The fourth-order valence-electron chi connectivity index (χ4n) is 2.81. The molecule has 0 unspecified atom stereocenters. The molecule has 1 radical (unpaired) electrons. The van der Waals surface area contributed by atoms with E-state index < -0.39 is 0 Å². The maximum absolute atomic E-state index is 11.2. The largest absolute Gasteiger partial charge is 0.297 e. The van der Waals surface area contributed by atoms with Crippen LogP contribution in [0.25, 0.3) is 0 Å². The highest BCUT2D eigenvalue weighted by atomic mass is 16.3. The Morgan fingerprint density at radius 1 is 1.31 bits per heavy atom. The van der Waals surface area contributed by atoms with Crippen molar-refractivity contribution in [1.29, 1.82) is 0 Å². The van der Waals surface area contributed by atoms with E-state index in [1.165, 1.54) is 25.7 Å². The lowest BCUT2D eigenvalue weighted by Crippen LogP contribution is -2.56. The van der Waals surface area contributed by atoms with Crippen LogP contribution >= 0.6 is 0 Å². The summed E-state index contributed by atoms with van der Waals surface area (Å²) < 4.78 is 0. The molecule has 1 saturated carbocycles. The monoisotopic (exact) mass is 182 g/mol. The van der Waals surface area contributed by atoms with Gasteiger partial charge >= 0.3 is 0 Å². The standard InChI is InChI=1S/C11H20NO/c1-2-11(6-3-7-11)12-8-4-10(13)5-9-12/h10H,2-9H2,1H3. The number of hydrogen-bond donors (Lipinski definition) is 0. The Labute approximate surface area is 80.9 Å². The fourth-order valence-corrected chi connectivity index (χ4v) is 2.81. The number of hydrogen-bond acceptors (Lipinski definition) is 1. The Balaban J connectivity index is 1.92. The maximum atomic E-state index is 11.2. The van der Waals surface area contributed by atoms with E-state index in [0.29, 0.717) is 5.54 Å². The minimum Gasteiger partial charge on any atom is -0.297 e. The van der Waals surface area contributed by atoms with E-state index in [1.54, 1.807) is 0 Å². The molecule has 0 amide bonds. The van der Waals surface area contributed by atoms with Gasteiger partial charge in [0.1, 0.15) is 0 Å². The number of likely N-dealkylation sites (tertiary alicyclic amines) is 1. The summed E-state index contributed by atoms with van der Waals surface area (Å²) in [6.07, 6.45) is 6.89. The van der Waals surface area contributed by atoms with Gasteiger partial charge in [-0.1, -0.05) is 6.92 Å². The maximum Gasteiger partial charge on any atom is 0.0954 e. The third kappa shape index (κ3) is 1.62. The Morgan fingerprint density at radius 3 is 2.31 bits per heavy atom. The van der Waals surface area contributed by atoms with Crippen molar-refractivity contribution in [2.24, 2.45) is 0 Å². The zero-order chi connectivity index (χ0) is 9.31. The van der Waals surface area contributed by atoms with Gasteiger partial charge in [-0.2, -0.15) is 0 Å². The van der Waals surface area contributed by atoms with E-state index in [2.05, 4.69) is 11.8 Å². The third-order valence-electron chi connectivity index (χ3n) is 4.06. The lowest BCUT2D eigenvalue weighted by atomic mass is 9.72. The van der Waals surface area contributed by atoms with E-state index in [1.807, 2.05) is 0 Å². The molecule has 1 aliphatic heterocycles. The molecule has 0 aromatic heterocycles. The SMILES string of the molecule is CCC1(N2CCC([O])CC2)CCC1. The van der Waals surface area contributed by atoms with E-state index in [4.69, 9.17) is 0 Å². The van der Waals surface area contributed by atoms with Gasteiger partial charge in [0.25, 0.3) is 0 Å². The molecule has 0 aromatic rings. The Bertz CT molecular complexity index is 163. The molecule has 13 heavy (non-hydrogen) atoms. The first-order valence-electron chi connectivity index (χ1n) is 5.68. The average molecular weight is 182 g/mol. The average Bonchev–Trinajstić information content (AvgIpc) is 2.07. The molecule has 2 nitrogen and oxygen atoms in total. The van der Waals surface area contributed by atoms with Crippen molar-refractivity contribution in [3.8, 4) is 0 Å². The van der Waals surface area contributed by atoms with Crippen molar-refractivity contribution in [1.82, 2.24) is 4.90 Å². The van der Waals surface area contributed by atoms with Crippen LogP contribution in [-0.4, -0.2) is 29.6 Å². The summed E-state index contributed by atoms with van der Waals surface area (Å²) in [6, 6.07) is 0. The summed E-state index contributed by atoms with van der Waals surface area (Å²) in [4.78, 5) is 2.59. The molecule has 0 atom stereocenters. The van der Waals surface area contributed by atoms with Gasteiger partial charge in [-0.05, 0) is 38.5 Å². The first kappa shape index (κ1) is 9.47. The molecule has 2 aliphatic rings. The van der Waals surface area contributed by atoms with Crippen molar-refractivity contribution in [2.75, 3.05) is 13.1 Å². The van der Waals surface area contributed by atoms with E-state index >= 15 is 0 Å². The number of rotatable bonds is 2. The van der Waals surface area contributed by atoms with Gasteiger partial charge in [-0.25, -0.2) is 5.11 Å². The predicted molar refractivity (Wildman–Crippen MR) is 52.2 cm³/mol. The molecule has 2 rings (SSSR count). The van der Waals surface area contributed by atoms with E-state index in [-0.39, 0.29) is 6.10 Å². The van der Waals surface area contributed by atoms with Crippen LogP contribution in [0.2, 0.25) is 0 Å². The first-order chi connectivity index (χ1) is 6.27. The van der Waals surface area contributed by atoms with Gasteiger partial charge in [0, 0.05) is 18.6 Å². The molecular weight excluding hydrogens is 162 g/mol. The molecule has 1 saturated heterocycles. The van der Waals surface area contributed by atoms with Crippen LogP contribution in [0.15, 0.2) is 0 Å². The lowest BCUT2D eigenvalue weighted by molar-refractivity contribution is -0.0460. The van der Waals surface area contributed by atoms with Crippen LogP contribution in [0.3, 0.4) is 0 Å². The van der Waals surface area contributed by atoms with Crippen molar-refractivity contribution in [3.05, 3.63) is 0 Å².